The molecule has 1 fully saturated rings. The first-order chi connectivity index (χ1) is 10.6. The maximum atomic E-state index is 13.2. The van der Waals surface area contributed by atoms with Gasteiger partial charge in [0.05, 0.1) is 0 Å². The summed E-state index contributed by atoms with van der Waals surface area (Å²) in [4.78, 5) is 14.6. The SMILES string of the molecule is C[C@@H](Cc1cccc(F)c1)C(=O)NCCN1CCCCCC1. The molecule has 1 aromatic rings. The number of rotatable bonds is 6. The van der Waals surface area contributed by atoms with Gasteiger partial charge in [0.15, 0.2) is 0 Å². The van der Waals surface area contributed by atoms with Crippen LogP contribution in [0.15, 0.2) is 24.3 Å². The maximum absolute atomic E-state index is 13.2. The predicted molar refractivity (Wildman–Crippen MR) is 87.2 cm³/mol. The van der Waals surface area contributed by atoms with E-state index in [0.717, 1.165) is 25.2 Å². The van der Waals surface area contributed by atoms with Crippen molar-refractivity contribution in [3.05, 3.63) is 35.6 Å². The average Bonchev–Trinajstić information content (AvgIpc) is 2.76. The van der Waals surface area contributed by atoms with E-state index in [1.807, 2.05) is 13.0 Å². The Hall–Kier alpha value is -1.42. The van der Waals surface area contributed by atoms with Crippen LogP contribution in [-0.2, 0) is 11.2 Å². The average molecular weight is 306 g/mol. The first-order valence-electron chi connectivity index (χ1n) is 8.39. The Balaban J connectivity index is 1.69. The van der Waals surface area contributed by atoms with Gasteiger partial charge in [-0.15, -0.1) is 0 Å². The van der Waals surface area contributed by atoms with Gasteiger partial charge in [0, 0.05) is 19.0 Å². The van der Waals surface area contributed by atoms with Crippen LogP contribution in [0.5, 0.6) is 0 Å². The third kappa shape index (κ3) is 5.76. The largest absolute Gasteiger partial charge is 0.355 e. The van der Waals surface area contributed by atoms with Crippen molar-refractivity contribution < 1.29 is 9.18 Å². The molecular weight excluding hydrogens is 279 g/mol. The lowest BCUT2D eigenvalue weighted by Crippen LogP contribution is -2.38. The van der Waals surface area contributed by atoms with Gasteiger partial charge in [-0.05, 0) is 50.0 Å². The normalized spacial score (nSPS) is 17.7. The fourth-order valence-corrected chi connectivity index (χ4v) is 2.98. The molecule has 0 aromatic heterocycles. The van der Waals surface area contributed by atoms with Crippen LogP contribution < -0.4 is 5.32 Å². The van der Waals surface area contributed by atoms with Crippen LogP contribution in [0, 0.1) is 11.7 Å². The molecule has 0 bridgehead atoms. The monoisotopic (exact) mass is 306 g/mol. The zero-order chi connectivity index (χ0) is 15.8. The molecule has 4 heteroatoms. The van der Waals surface area contributed by atoms with Crippen LogP contribution in [0.25, 0.3) is 0 Å². The number of nitrogens with one attached hydrogen (secondary N) is 1. The molecule has 22 heavy (non-hydrogen) atoms. The van der Waals surface area contributed by atoms with E-state index in [-0.39, 0.29) is 17.6 Å². The summed E-state index contributed by atoms with van der Waals surface area (Å²) in [5, 5.41) is 3.01. The zero-order valence-corrected chi connectivity index (χ0v) is 13.5. The van der Waals surface area contributed by atoms with E-state index in [4.69, 9.17) is 0 Å². The lowest BCUT2D eigenvalue weighted by atomic mass is 10.0. The van der Waals surface area contributed by atoms with Crippen LogP contribution in [0.4, 0.5) is 4.39 Å². The number of hydrogen-bond acceptors (Lipinski definition) is 2. The summed E-state index contributed by atoms with van der Waals surface area (Å²) in [6.07, 6.45) is 5.77. The van der Waals surface area contributed by atoms with Gasteiger partial charge in [-0.2, -0.15) is 0 Å². The fraction of sp³-hybridized carbons (Fsp3) is 0.611. The van der Waals surface area contributed by atoms with Gasteiger partial charge in [0.2, 0.25) is 5.91 Å². The predicted octanol–water partition coefficient (Wildman–Crippen LogP) is 3.00. The molecular formula is C18H27FN2O. The van der Waals surface area contributed by atoms with E-state index >= 15 is 0 Å². The number of amides is 1. The minimum absolute atomic E-state index is 0.0547. The van der Waals surface area contributed by atoms with Crippen molar-refractivity contribution in [2.45, 2.75) is 39.0 Å². The first kappa shape index (κ1) is 16.9. The molecule has 1 amide bonds. The second kappa shape index (κ2) is 8.89. The van der Waals surface area contributed by atoms with Crippen molar-refractivity contribution in [3.8, 4) is 0 Å². The number of carbonyl (C=O) groups excluding carboxylic acids is 1. The topological polar surface area (TPSA) is 32.3 Å². The van der Waals surface area contributed by atoms with Crippen LogP contribution in [0.3, 0.4) is 0 Å². The Morgan fingerprint density at radius 3 is 2.68 bits per heavy atom. The minimum atomic E-state index is -0.244. The minimum Gasteiger partial charge on any atom is -0.355 e. The number of benzene rings is 1. The third-order valence-electron chi connectivity index (χ3n) is 4.30. The third-order valence-corrected chi connectivity index (χ3v) is 4.30. The molecule has 1 heterocycles. The lowest BCUT2D eigenvalue weighted by molar-refractivity contribution is -0.124. The van der Waals surface area contributed by atoms with Gasteiger partial charge >= 0.3 is 0 Å². The Labute approximate surface area is 132 Å². The summed E-state index contributed by atoms with van der Waals surface area (Å²) in [7, 11) is 0. The van der Waals surface area contributed by atoms with Gasteiger partial charge < -0.3 is 10.2 Å². The van der Waals surface area contributed by atoms with Gasteiger partial charge in [0.1, 0.15) is 5.82 Å². The molecule has 1 atom stereocenters. The first-order valence-corrected chi connectivity index (χ1v) is 8.39. The van der Waals surface area contributed by atoms with E-state index in [1.165, 1.54) is 37.8 Å². The van der Waals surface area contributed by atoms with Crippen LogP contribution in [-0.4, -0.2) is 37.0 Å². The summed E-state index contributed by atoms with van der Waals surface area (Å²) < 4.78 is 13.2. The van der Waals surface area contributed by atoms with Gasteiger partial charge in [-0.25, -0.2) is 4.39 Å². The van der Waals surface area contributed by atoms with Crippen molar-refractivity contribution >= 4 is 5.91 Å². The smallest absolute Gasteiger partial charge is 0.223 e. The molecule has 1 saturated heterocycles. The van der Waals surface area contributed by atoms with Crippen molar-refractivity contribution in [2.24, 2.45) is 5.92 Å². The van der Waals surface area contributed by atoms with Crippen molar-refractivity contribution in [2.75, 3.05) is 26.2 Å². The van der Waals surface area contributed by atoms with Gasteiger partial charge in [0.25, 0.3) is 0 Å². The molecule has 0 unspecified atom stereocenters. The van der Waals surface area contributed by atoms with Crippen LogP contribution in [0.2, 0.25) is 0 Å². The number of likely N-dealkylation sites (tertiary alicyclic amines) is 1. The summed E-state index contributed by atoms with van der Waals surface area (Å²) in [6, 6.07) is 6.48. The molecule has 122 valence electrons. The molecule has 1 aliphatic heterocycles. The highest BCUT2D eigenvalue weighted by Gasteiger charge is 2.14. The van der Waals surface area contributed by atoms with Crippen molar-refractivity contribution in [1.29, 1.82) is 0 Å². The Kier molecular flexibility index (Phi) is 6.84. The maximum Gasteiger partial charge on any atom is 0.223 e. The fourth-order valence-electron chi connectivity index (χ4n) is 2.98. The van der Waals surface area contributed by atoms with Gasteiger partial charge in [-0.3, -0.25) is 4.79 Å². The number of hydrogen-bond donors (Lipinski definition) is 1. The second-order valence-electron chi connectivity index (χ2n) is 6.28. The van der Waals surface area contributed by atoms with E-state index in [0.29, 0.717) is 13.0 Å². The van der Waals surface area contributed by atoms with Crippen molar-refractivity contribution in [3.63, 3.8) is 0 Å². The second-order valence-corrected chi connectivity index (χ2v) is 6.28. The molecule has 1 aliphatic rings. The standard InChI is InChI=1S/C18H27FN2O/c1-15(13-16-7-6-8-17(19)14-16)18(22)20-9-12-21-10-4-2-3-5-11-21/h6-8,14-15H,2-5,9-13H2,1H3,(H,20,22)/t15-/m0/s1. The highest BCUT2D eigenvalue weighted by atomic mass is 19.1. The van der Waals surface area contributed by atoms with E-state index in [2.05, 4.69) is 10.2 Å². The number of carbonyl (C=O) groups is 1. The summed E-state index contributed by atoms with van der Waals surface area (Å²) in [6.45, 7) is 5.82. The molecule has 0 spiro atoms. The molecule has 1 aromatic carbocycles. The Morgan fingerprint density at radius 2 is 2.00 bits per heavy atom. The van der Waals surface area contributed by atoms with E-state index in [9.17, 15) is 9.18 Å². The van der Waals surface area contributed by atoms with E-state index in [1.54, 1.807) is 6.07 Å². The molecule has 0 saturated carbocycles. The highest BCUT2D eigenvalue weighted by Crippen LogP contribution is 2.11. The molecule has 1 N–H and O–H groups in total. The highest BCUT2D eigenvalue weighted by molar-refractivity contribution is 5.78. The quantitative estimate of drug-likeness (QED) is 0.876. The summed E-state index contributed by atoms with van der Waals surface area (Å²) >= 11 is 0. The Morgan fingerprint density at radius 1 is 1.27 bits per heavy atom. The lowest BCUT2D eigenvalue weighted by Gasteiger charge is -2.20. The Bertz CT molecular complexity index is 470. The van der Waals surface area contributed by atoms with Gasteiger partial charge in [-0.1, -0.05) is 31.9 Å². The number of nitrogens with zero attached hydrogens (tertiary/aromatic N) is 1. The number of halogens is 1. The molecule has 3 nitrogen and oxygen atoms in total. The summed E-state index contributed by atoms with van der Waals surface area (Å²) in [5.74, 6) is -0.323. The van der Waals surface area contributed by atoms with Crippen LogP contribution in [0.1, 0.15) is 38.2 Å². The van der Waals surface area contributed by atoms with Crippen molar-refractivity contribution in [1.82, 2.24) is 10.2 Å². The zero-order valence-electron chi connectivity index (χ0n) is 13.5. The molecule has 2 rings (SSSR count). The molecule has 0 aliphatic carbocycles. The van der Waals surface area contributed by atoms with E-state index < -0.39 is 0 Å². The summed E-state index contributed by atoms with van der Waals surface area (Å²) in [5.41, 5.74) is 0.871. The van der Waals surface area contributed by atoms with Crippen LogP contribution >= 0.6 is 0 Å². The molecule has 0 radical (unpaired) electrons.